The number of hydrogen-bond donors (Lipinski definition) is 2. The molecule has 0 aliphatic rings. The molecule has 0 aromatic heterocycles. The predicted octanol–water partition coefficient (Wildman–Crippen LogP) is 10.6. The van der Waals surface area contributed by atoms with Crippen LogP contribution in [0.25, 0.3) is 0 Å². The van der Waals surface area contributed by atoms with Crippen LogP contribution in [0.1, 0.15) is 194 Å². The molecule has 0 radical (unpaired) electrons. The number of esters is 1. The van der Waals surface area contributed by atoms with E-state index in [1.54, 1.807) is 0 Å². The van der Waals surface area contributed by atoms with Crippen LogP contribution in [0.2, 0.25) is 0 Å². The van der Waals surface area contributed by atoms with E-state index < -0.39 is 38.4 Å². The van der Waals surface area contributed by atoms with Crippen molar-refractivity contribution in [3.8, 4) is 0 Å². The number of phosphoric ester groups is 1. The smallest absolute Gasteiger partial charge is 0.457 e. The third-order valence-corrected chi connectivity index (χ3v) is 10.4. The minimum atomic E-state index is -4.65. The average Bonchev–Trinajstić information content (AvgIpc) is 3.06. The zero-order chi connectivity index (χ0) is 37.4. The van der Waals surface area contributed by atoms with Gasteiger partial charge in [0.15, 0.2) is 18.0 Å². The van der Waals surface area contributed by atoms with Gasteiger partial charge in [0.1, 0.15) is 13.2 Å². The maximum absolute atomic E-state index is 13.3. The lowest BCUT2D eigenvalue weighted by atomic mass is 10.0. The molecule has 3 atom stereocenters. The standard InChI is InChI=1S/C40H80NO8P/c1-6-8-10-12-14-16-18-19-20-21-23-25-27-29-31-33-39(44)48-38(36-42)40(49-50(45,46)47-35-34-41(3,4)5)37(43)32-30-28-26-24-22-17-15-13-11-9-7-2/h38,40,42H,6-36H2,1-5H3/p+1/t38-,40?/m0/s1. The zero-order valence-electron chi connectivity index (χ0n) is 33.3. The first-order valence-corrected chi connectivity index (χ1v) is 22.2. The molecule has 0 spiro atoms. The van der Waals surface area contributed by atoms with Gasteiger partial charge in [-0.05, 0) is 12.8 Å². The highest BCUT2D eigenvalue weighted by molar-refractivity contribution is 7.47. The summed E-state index contributed by atoms with van der Waals surface area (Å²) in [5.41, 5.74) is 0. The highest BCUT2D eigenvalue weighted by Crippen LogP contribution is 2.45. The van der Waals surface area contributed by atoms with Crippen molar-refractivity contribution in [2.75, 3.05) is 40.9 Å². The number of ether oxygens (including phenoxy) is 1. The number of aliphatic hydroxyl groups excluding tert-OH is 1. The van der Waals surface area contributed by atoms with Gasteiger partial charge in [0.2, 0.25) is 0 Å². The van der Waals surface area contributed by atoms with E-state index in [0.717, 1.165) is 38.5 Å². The topological polar surface area (TPSA) is 119 Å². The number of carbonyl (C=O) groups excluding carboxylic acids is 2. The summed E-state index contributed by atoms with van der Waals surface area (Å²) >= 11 is 0. The summed E-state index contributed by atoms with van der Waals surface area (Å²) in [6.45, 7) is 4.17. The van der Waals surface area contributed by atoms with Gasteiger partial charge in [-0.25, -0.2) is 4.57 Å². The highest BCUT2D eigenvalue weighted by atomic mass is 31.2. The number of carbonyl (C=O) groups is 2. The maximum atomic E-state index is 13.3. The van der Waals surface area contributed by atoms with Crippen molar-refractivity contribution in [3.05, 3.63) is 0 Å². The van der Waals surface area contributed by atoms with Crippen LogP contribution in [0, 0.1) is 0 Å². The molecule has 0 amide bonds. The number of likely N-dealkylation sites (N-methyl/N-ethyl adjacent to an activating group) is 1. The average molecular weight is 735 g/mol. The first-order valence-electron chi connectivity index (χ1n) is 20.7. The second-order valence-corrected chi connectivity index (χ2v) is 16.9. The first kappa shape index (κ1) is 49.2. The Morgan fingerprint density at radius 2 is 0.960 bits per heavy atom. The highest BCUT2D eigenvalue weighted by Gasteiger charge is 2.38. The Bertz CT molecular complexity index is 850. The summed E-state index contributed by atoms with van der Waals surface area (Å²) in [5.74, 6) is -1.02. The van der Waals surface area contributed by atoms with E-state index >= 15 is 0 Å². The van der Waals surface area contributed by atoms with Crippen molar-refractivity contribution in [1.82, 2.24) is 0 Å². The van der Waals surface area contributed by atoms with E-state index in [0.29, 0.717) is 23.9 Å². The third kappa shape index (κ3) is 31.9. The molecule has 0 fully saturated rings. The Morgan fingerprint density at radius 3 is 1.32 bits per heavy atom. The van der Waals surface area contributed by atoms with Crippen LogP contribution >= 0.6 is 7.82 Å². The van der Waals surface area contributed by atoms with Crippen molar-refractivity contribution in [1.29, 1.82) is 0 Å². The molecule has 0 aromatic rings. The Kier molecular flexibility index (Phi) is 32.2. The van der Waals surface area contributed by atoms with Gasteiger partial charge < -0.3 is 19.2 Å². The summed E-state index contributed by atoms with van der Waals surface area (Å²) in [5, 5.41) is 10.1. The molecule has 0 aliphatic heterocycles. The van der Waals surface area contributed by atoms with E-state index in [-0.39, 0.29) is 19.4 Å². The molecule has 0 rings (SSSR count). The van der Waals surface area contributed by atoms with E-state index in [1.807, 2.05) is 21.1 Å². The fourth-order valence-corrected chi connectivity index (χ4v) is 7.02. The van der Waals surface area contributed by atoms with Gasteiger partial charge in [-0.2, -0.15) is 0 Å². The minimum Gasteiger partial charge on any atom is -0.457 e. The Balaban J connectivity index is 4.63. The molecule has 0 heterocycles. The molecular weight excluding hydrogens is 653 g/mol. The Labute approximate surface area is 308 Å². The number of phosphoric acid groups is 1. The quantitative estimate of drug-likeness (QED) is 0.0278. The van der Waals surface area contributed by atoms with Crippen LogP contribution in [0.4, 0.5) is 0 Å². The van der Waals surface area contributed by atoms with Crippen molar-refractivity contribution < 1.29 is 42.4 Å². The van der Waals surface area contributed by atoms with Crippen LogP contribution < -0.4 is 0 Å². The van der Waals surface area contributed by atoms with Gasteiger partial charge in [0.25, 0.3) is 0 Å². The SMILES string of the molecule is CCCCCCCCCCCCCCCCCC(=O)O[C@@H](CO)C(OP(=O)(O)OCC[N+](C)(C)C)C(=O)CCCCCCCCCCCCC. The number of nitrogens with zero attached hydrogens (tertiary/aromatic N) is 1. The van der Waals surface area contributed by atoms with E-state index in [9.17, 15) is 24.2 Å². The van der Waals surface area contributed by atoms with Gasteiger partial charge in [0.05, 0.1) is 27.7 Å². The number of rotatable bonds is 38. The second kappa shape index (κ2) is 32.8. The van der Waals surface area contributed by atoms with Gasteiger partial charge in [0, 0.05) is 12.8 Å². The predicted molar refractivity (Wildman–Crippen MR) is 206 cm³/mol. The molecule has 2 unspecified atom stereocenters. The molecule has 50 heavy (non-hydrogen) atoms. The normalized spacial score (nSPS) is 14.4. The summed E-state index contributed by atoms with van der Waals surface area (Å²) in [6.07, 6.45) is 28.1. The number of quaternary nitrogens is 1. The zero-order valence-corrected chi connectivity index (χ0v) is 34.2. The molecule has 2 N–H and O–H groups in total. The number of unbranched alkanes of at least 4 members (excludes halogenated alkanes) is 24. The maximum Gasteiger partial charge on any atom is 0.473 e. The van der Waals surface area contributed by atoms with E-state index in [2.05, 4.69) is 13.8 Å². The van der Waals surface area contributed by atoms with Crippen molar-refractivity contribution in [2.24, 2.45) is 0 Å². The third-order valence-electron chi connectivity index (χ3n) is 9.39. The summed E-state index contributed by atoms with van der Waals surface area (Å²) in [6, 6.07) is 0. The summed E-state index contributed by atoms with van der Waals surface area (Å²) in [7, 11) is 1.12. The lowest BCUT2D eigenvalue weighted by molar-refractivity contribution is -0.870. The largest absolute Gasteiger partial charge is 0.473 e. The van der Waals surface area contributed by atoms with Crippen LogP contribution in [0.5, 0.6) is 0 Å². The van der Waals surface area contributed by atoms with Crippen molar-refractivity contribution in [2.45, 2.75) is 206 Å². The molecule has 298 valence electrons. The Morgan fingerprint density at radius 1 is 0.600 bits per heavy atom. The lowest BCUT2D eigenvalue weighted by Crippen LogP contribution is -2.42. The van der Waals surface area contributed by atoms with Crippen LogP contribution in [-0.4, -0.2) is 79.3 Å². The molecular formula is C40H81NO8P+. The lowest BCUT2D eigenvalue weighted by Gasteiger charge is -2.27. The van der Waals surface area contributed by atoms with E-state index in [1.165, 1.54) is 116 Å². The monoisotopic (exact) mass is 735 g/mol. The van der Waals surface area contributed by atoms with Crippen molar-refractivity contribution >= 4 is 19.6 Å². The molecule has 0 aliphatic carbocycles. The fourth-order valence-electron chi connectivity index (χ4n) is 6.11. The summed E-state index contributed by atoms with van der Waals surface area (Å²) < 4.78 is 29.3. The second-order valence-electron chi connectivity index (χ2n) is 15.5. The van der Waals surface area contributed by atoms with Crippen molar-refractivity contribution in [3.63, 3.8) is 0 Å². The van der Waals surface area contributed by atoms with Crippen LogP contribution in [-0.2, 0) is 27.9 Å². The molecule has 0 saturated carbocycles. The van der Waals surface area contributed by atoms with Crippen LogP contribution in [0.15, 0.2) is 0 Å². The Hall–Kier alpha value is -0.830. The number of hydrogen-bond acceptors (Lipinski definition) is 7. The molecule has 10 heteroatoms. The number of ketones is 1. The van der Waals surface area contributed by atoms with Gasteiger partial charge in [-0.1, -0.05) is 168 Å². The molecule has 0 saturated heterocycles. The molecule has 0 bridgehead atoms. The molecule has 9 nitrogen and oxygen atoms in total. The number of aliphatic hydroxyl groups is 1. The van der Waals surface area contributed by atoms with Gasteiger partial charge in [-0.15, -0.1) is 0 Å². The fraction of sp³-hybridized carbons (Fsp3) is 0.950. The summed E-state index contributed by atoms with van der Waals surface area (Å²) in [4.78, 5) is 36.5. The minimum absolute atomic E-state index is 0.0560. The van der Waals surface area contributed by atoms with Gasteiger partial charge >= 0.3 is 13.8 Å². The number of Topliss-reactive ketones (excluding diaryl/α,β-unsaturated/α-hetero) is 1. The van der Waals surface area contributed by atoms with Crippen LogP contribution in [0.3, 0.4) is 0 Å². The van der Waals surface area contributed by atoms with Gasteiger partial charge in [-0.3, -0.25) is 18.6 Å². The van der Waals surface area contributed by atoms with E-state index in [4.69, 9.17) is 13.8 Å². The first-order chi connectivity index (χ1) is 24.0. The molecule has 0 aromatic carbocycles.